The van der Waals surface area contributed by atoms with Crippen LogP contribution in [0, 0.1) is 0 Å². The minimum Gasteiger partial charge on any atom is -0.332 e. The third-order valence-corrected chi connectivity index (χ3v) is 3.02. The third-order valence-electron chi connectivity index (χ3n) is 3.02. The van der Waals surface area contributed by atoms with E-state index in [1.165, 1.54) is 4.90 Å². The molecule has 2 rings (SSSR count). The molecule has 0 bridgehead atoms. The predicted octanol–water partition coefficient (Wildman–Crippen LogP) is 0.637. The summed E-state index contributed by atoms with van der Waals surface area (Å²) in [6.45, 7) is 4.34. The molecule has 6 nitrogen and oxygen atoms in total. The van der Waals surface area contributed by atoms with Gasteiger partial charge >= 0.3 is 6.18 Å². The molecule has 9 heteroatoms. The molecule has 1 aromatic rings. The second-order valence-electron chi connectivity index (χ2n) is 4.94. The van der Waals surface area contributed by atoms with Gasteiger partial charge in [0.25, 0.3) is 0 Å². The zero-order chi connectivity index (χ0) is 14.9. The van der Waals surface area contributed by atoms with Gasteiger partial charge in [0.1, 0.15) is 0 Å². The second-order valence-corrected chi connectivity index (χ2v) is 4.94. The van der Waals surface area contributed by atoms with Crippen LogP contribution in [0.1, 0.15) is 25.5 Å². The fraction of sp³-hybridized carbons (Fsp3) is 0.727. The molecule has 112 valence electrons. The van der Waals surface area contributed by atoms with Crippen molar-refractivity contribution in [1.82, 2.24) is 25.0 Å². The first kappa shape index (κ1) is 14.8. The molecule has 0 unspecified atom stereocenters. The molecular weight excluding hydrogens is 275 g/mol. The highest BCUT2D eigenvalue weighted by Gasteiger charge is 2.39. The van der Waals surface area contributed by atoms with Crippen LogP contribution in [0.25, 0.3) is 0 Å². The number of hydrogen-bond acceptors (Lipinski definition) is 4. The summed E-state index contributed by atoms with van der Waals surface area (Å²) in [5.74, 6) is -0.983. The normalized spacial score (nSPS) is 15.6. The van der Waals surface area contributed by atoms with Gasteiger partial charge in [-0.2, -0.15) is 13.2 Å². The van der Waals surface area contributed by atoms with Crippen molar-refractivity contribution in [2.75, 3.05) is 13.1 Å². The quantitative estimate of drug-likeness (QED) is 0.887. The van der Waals surface area contributed by atoms with Gasteiger partial charge in [-0.15, -0.1) is 10.2 Å². The first-order valence-corrected chi connectivity index (χ1v) is 6.29. The lowest BCUT2D eigenvalue weighted by atomic mass is 10.3. The van der Waals surface area contributed by atoms with Crippen molar-refractivity contribution in [2.45, 2.75) is 39.2 Å². The number of amides is 1. The molecule has 0 atom stereocenters. The monoisotopic (exact) mass is 291 g/mol. The lowest BCUT2D eigenvalue weighted by Gasteiger charge is -2.28. The fourth-order valence-electron chi connectivity index (χ4n) is 1.98. The standard InChI is InChI=1S/C11H16F3N5O/c1-7(2)15-5-9(20)18-3-4-19-8(6-18)16-17-10(19)11(12,13)14/h7,15H,3-6H2,1-2H3. The van der Waals surface area contributed by atoms with E-state index in [-0.39, 0.29) is 44.0 Å². The van der Waals surface area contributed by atoms with Crippen LogP contribution in [-0.2, 0) is 24.1 Å². The molecule has 1 aliphatic heterocycles. The van der Waals surface area contributed by atoms with Crippen molar-refractivity contribution in [3.8, 4) is 0 Å². The van der Waals surface area contributed by atoms with Crippen molar-refractivity contribution < 1.29 is 18.0 Å². The Labute approximate surface area is 114 Å². The van der Waals surface area contributed by atoms with Gasteiger partial charge < -0.3 is 14.8 Å². The Balaban J connectivity index is 2.05. The van der Waals surface area contributed by atoms with Crippen molar-refractivity contribution >= 4 is 5.91 Å². The maximum Gasteiger partial charge on any atom is 0.451 e. The highest BCUT2D eigenvalue weighted by Crippen LogP contribution is 2.29. The van der Waals surface area contributed by atoms with Gasteiger partial charge in [-0.3, -0.25) is 4.79 Å². The largest absolute Gasteiger partial charge is 0.451 e. The Morgan fingerprint density at radius 3 is 2.65 bits per heavy atom. The molecule has 1 aromatic heterocycles. The van der Waals surface area contributed by atoms with Crippen LogP contribution in [0.2, 0.25) is 0 Å². The zero-order valence-electron chi connectivity index (χ0n) is 11.2. The summed E-state index contributed by atoms with van der Waals surface area (Å²) in [6, 6.07) is 0.171. The molecule has 0 saturated carbocycles. The molecule has 0 aliphatic carbocycles. The zero-order valence-corrected chi connectivity index (χ0v) is 11.2. The molecule has 0 spiro atoms. The first-order chi connectivity index (χ1) is 9.29. The van der Waals surface area contributed by atoms with Crippen molar-refractivity contribution in [2.24, 2.45) is 0 Å². The number of halogens is 3. The van der Waals surface area contributed by atoms with E-state index in [2.05, 4.69) is 15.5 Å². The van der Waals surface area contributed by atoms with E-state index in [0.717, 1.165) is 4.57 Å². The molecule has 1 aliphatic rings. The van der Waals surface area contributed by atoms with E-state index in [1.54, 1.807) is 0 Å². The van der Waals surface area contributed by atoms with E-state index >= 15 is 0 Å². The van der Waals surface area contributed by atoms with Crippen LogP contribution in [0.15, 0.2) is 0 Å². The molecule has 20 heavy (non-hydrogen) atoms. The summed E-state index contributed by atoms with van der Waals surface area (Å²) in [4.78, 5) is 13.4. The molecule has 0 saturated heterocycles. The number of carbonyl (C=O) groups is 1. The molecule has 0 fully saturated rings. The number of aromatic nitrogens is 3. The average molecular weight is 291 g/mol. The predicted molar refractivity (Wildman–Crippen MR) is 63.6 cm³/mol. The lowest BCUT2D eigenvalue weighted by Crippen LogP contribution is -2.44. The van der Waals surface area contributed by atoms with Crippen molar-refractivity contribution in [3.05, 3.63) is 11.6 Å². The highest BCUT2D eigenvalue weighted by atomic mass is 19.4. The van der Waals surface area contributed by atoms with Gasteiger partial charge in [-0.05, 0) is 0 Å². The SMILES string of the molecule is CC(C)NCC(=O)N1CCn2c(nnc2C(F)(F)F)C1. The van der Waals surface area contributed by atoms with E-state index in [0.29, 0.717) is 0 Å². The van der Waals surface area contributed by atoms with Crippen LogP contribution >= 0.6 is 0 Å². The first-order valence-electron chi connectivity index (χ1n) is 6.29. The number of hydrogen-bond donors (Lipinski definition) is 1. The maximum absolute atomic E-state index is 12.7. The number of alkyl halides is 3. The molecule has 0 aromatic carbocycles. The van der Waals surface area contributed by atoms with Gasteiger partial charge in [-0.25, -0.2) is 0 Å². The topological polar surface area (TPSA) is 63.1 Å². The number of fused-ring (bicyclic) bond motifs is 1. The maximum atomic E-state index is 12.7. The van der Waals surface area contributed by atoms with Crippen LogP contribution in [0.4, 0.5) is 13.2 Å². The van der Waals surface area contributed by atoms with Gasteiger partial charge in [-0.1, -0.05) is 13.8 Å². The Morgan fingerprint density at radius 2 is 2.05 bits per heavy atom. The summed E-state index contributed by atoms with van der Waals surface area (Å²) in [5, 5.41) is 9.68. The Hall–Kier alpha value is -1.64. The summed E-state index contributed by atoms with van der Waals surface area (Å²) in [5.41, 5.74) is 0. The van der Waals surface area contributed by atoms with Crippen LogP contribution in [0.5, 0.6) is 0 Å². The van der Waals surface area contributed by atoms with Crippen molar-refractivity contribution in [1.29, 1.82) is 0 Å². The summed E-state index contributed by atoms with van der Waals surface area (Å²) in [7, 11) is 0. The minimum atomic E-state index is -4.52. The average Bonchev–Trinajstić information content (AvgIpc) is 2.78. The smallest absolute Gasteiger partial charge is 0.332 e. The minimum absolute atomic E-state index is 0.0572. The number of nitrogens with one attached hydrogen (secondary N) is 1. The van der Waals surface area contributed by atoms with E-state index < -0.39 is 12.0 Å². The van der Waals surface area contributed by atoms with Gasteiger partial charge in [0, 0.05) is 19.1 Å². The van der Waals surface area contributed by atoms with Gasteiger partial charge in [0.05, 0.1) is 13.1 Å². The molecule has 0 radical (unpaired) electrons. The van der Waals surface area contributed by atoms with Gasteiger partial charge in [0.2, 0.25) is 11.7 Å². The number of rotatable bonds is 3. The van der Waals surface area contributed by atoms with E-state index in [9.17, 15) is 18.0 Å². The molecular formula is C11H16F3N5O. The molecule has 2 heterocycles. The Morgan fingerprint density at radius 1 is 1.35 bits per heavy atom. The highest BCUT2D eigenvalue weighted by molar-refractivity contribution is 5.78. The van der Waals surface area contributed by atoms with E-state index in [4.69, 9.17) is 0 Å². The third kappa shape index (κ3) is 3.09. The van der Waals surface area contributed by atoms with Crippen LogP contribution < -0.4 is 5.32 Å². The Kier molecular flexibility index (Phi) is 3.98. The number of carbonyl (C=O) groups excluding carboxylic acids is 1. The van der Waals surface area contributed by atoms with Crippen LogP contribution in [-0.4, -0.2) is 44.7 Å². The van der Waals surface area contributed by atoms with Gasteiger partial charge in [0.15, 0.2) is 5.82 Å². The summed E-state index contributed by atoms with van der Waals surface area (Å²) >= 11 is 0. The Bertz CT molecular complexity index is 497. The van der Waals surface area contributed by atoms with E-state index in [1.807, 2.05) is 13.8 Å². The fourth-order valence-corrected chi connectivity index (χ4v) is 1.98. The summed E-state index contributed by atoms with van der Waals surface area (Å²) < 4.78 is 39.0. The lowest BCUT2D eigenvalue weighted by molar-refractivity contribution is -0.148. The molecule has 1 N–H and O–H groups in total. The van der Waals surface area contributed by atoms with Crippen LogP contribution in [0.3, 0.4) is 0 Å². The van der Waals surface area contributed by atoms with Crippen molar-refractivity contribution in [3.63, 3.8) is 0 Å². The number of nitrogens with zero attached hydrogens (tertiary/aromatic N) is 4. The summed E-state index contributed by atoms with van der Waals surface area (Å²) in [6.07, 6.45) is -4.52. The molecule has 1 amide bonds. The second kappa shape index (κ2) is 5.39.